The maximum Gasteiger partial charge on any atom is 0.313 e. The lowest BCUT2D eigenvalue weighted by atomic mass is 9.66. The average molecular weight is 442 g/mol. The van der Waals surface area contributed by atoms with Crippen LogP contribution in [0.3, 0.4) is 0 Å². The summed E-state index contributed by atoms with van der Waals surface area (Å²) in [4.78, 5) is 13.9. The van der Waals surface area contributed by atoms with E-state index in [1.54, 1.807) is 0 Å². The minimum Gasteiger partial charge on any atom is -0.297 e. The van der Waals surface area contributed by atoms with Gasteiger partial charge in [-0.2, -0.15) is 21.0 Å². The Kier molecular flexibility index (Phi) is 7.12. The Labute approximate surface area is 199 Å². The highest BCUT2D eigenvalue weighted by Gasteiger charge is 2.46. The van der Waals surface area contributed by atoms with Crippen LogP contribution in [0, 0.1) is 71.6 Å². The van der Waals surface area contributed by atoms with Crippen LogP contribution in [-0.4, -0.2) is 24.2 Å². The van der Waals surface area contributed by atoms with Gasteiger partial charge in [0.05, 0.1) is 23.7 Å². The molecule has 8 atom stereocenters. The average Bonchev–Trinajstić information content (AvgIpc) is 2.87. The first-order chi connectivity index (χ1) is 16.5. The van der Waals surface area contributed by atoms with Crippen LogP contribution in [-0.2, 0) is 0 Å². The molecule has 162 valence electrons. The number of nitrogens with zero attached hydrogens (tertiary/aromatic N) is 8. The normalized spacial score (nSPS) is 25.6. The first-order valence-electron chi connectivity index (χ1n) is 10.8. The largest absolute Gasteiger partial charge is 0.313 e. The molecule has 0 spiro atoms. The third-order valence-electron chi connectivity index (χ3n) is 7.07. The third-order valence-corrected chi connectivity index (χ3v) is 7.07. The van der Waals surface area contributed by atoms with Crippen LogP contribution in [0.2, 0.25) is 0 Å². The highest BCUT2D eigenvalue weighted by Crippen LogP contribution is 2.50. The Balaban J connectivity index is 2.34. The van der Waals surface area contributed by atoms with Crippen LogP contribution in [0.15, 0.2) is 12.1 Å². The number of fused-ring (bicyclic) bond motifs is 2. The van der Waals surface area contributed by atoms with E-state index < -0.39 is 47.8 Å². The molecule has 0 N–H and O–H groups in total. The Morgan fingerprint density at radius 1 is 0.529 bits per heavy atom. The molecule has 8 nitrogen and oxygen atoms in total. The van der Waals surface area contributed by atoms with E-state index in [0.717, 1.165) is 0 Å². The van der Waals surface area contributed by atoms with E-state index in [0.29, 0.717) is 47.9 Å². The van der Waals surface area contributed by atoms with E-state index in [-0.39, 0.29) is 0 Å². The van der Waals surface area contributed by atoms with Crippen LogP contribution >= 0.6 is 0 Å². The minimum atomic E-state index is -0.938. The molecule has 3 rings (SSSR count). The minimum absolute atomic E-state index is 0.425. The fraction of sp³-hybridized carbons (Fsp3) is 0.462. The second-order valence-corrected chi connectivity index (χ2v) is 8.50. The van der Waals surface area contributed by atoms with Crippen LogP contribution < -0.4 is 0 Å². The predicted octanol–water partition coefficient (Wildman–Crippen LogP) is 4.85. The summed E-state index contributed by atoms with van der Waals surface area (Å²) in [5.41, 5.74) is 2.80. The van der Waals surface area contributed by atoms with E-state index in [1.807, 2.05) is 12.1 Å². The molecule has 0 heterocycles. The van der Waals surface area contributed by atoms with Gasteiger partial charge in [0.1, 0.15) is 0 Å². The quantitative estimate of drug-likeness (QED) is 0.620. The zero-order chi connectivity index (χ0) is 24.8. The summed E-state index contributed by atoms with van der Waals surface area (Å²) in [5, 5.41) is 38.4. The second-order valence-electron chi connectivity index (χ2n) is 8.50. The van der Waals surface area contributed by atoms with Crippen molar-refractivity contribution in [3.05, 3.63) is 80.1 Å². The van der Waals surface area contributed by atoms with Gasteiger partial charge in [0.25, 0.3) is 0 Å². The van der Waals surface area contributed by atoms with Crippen molar-refractivity contribution in [3.8, 4) is 24.3 Å². The SMILES string of the molecule is [C-]#[N+]C(C#N)C1CCC(C(C#N)[N+]#[C-])c2cc3c(cc21)C(C(C#N)[N+]#[C-])CCC3C(C#N)[N+]#[C-]. The molecule has 2 aliphatic carbocycles. The van der Waals surface area contributed by atoms with Crippen molar-refractivity contribution in [2.24, 2.45) is 0 Å². The first kappa shape index (κ1) is 23.8. The maximum absolute atomic E-state index is 9.59. The first-order valence-corrected chi connectivity index (χ1v) is 10.8. The Hall–Kier alpha value is -4.86. The van der Waals surface area contributed by atoms with Crippen molar-refractivity contribution in [1.82, 2.24) is 0 Å². The number of rotatable bonds is 4. The molecule has 0 saturated carbocycles. The van der Waals surface area contributed by atoms with Gasteiger partial charge in [0, 0.05) is 0 Å². The van der Waals surface area contributed by atoms with Crippen LogP contribution in [0.1, 0.15) is 71.6 Å². The Morgan fingerprint density at radius 3 is 0.882 bits per heavy atom. The molecule has 0 fully saturated rings. The van der Waals surface area contributed by atoms with Gasteiger partial charge in [0.15, 0.2) is 24.3 Å². The summed E-state index contributed by atoms with van der Waals surface area (Å²) in [6.07, 6.45) is 1.86. The summed E-state index contributed by atoms with van der Waals surface area (Å²) in [7, 11) is 0. The molecule has 8 heteroatoms. The fourth-order valence-electron chi connectivity index (χ4n) is 5.44. The highest BCUT2D eigenvalue weighted by atomic mass is 14.8. The monoisotopic (exact) mass is 442 g/mol. The van der Waals surface area contributed by atoms with Crippen LogP contribution in [0.5, 0.6) is 0 Å². The number of nitriles is 4. The van der Waals surface area contributed by atoms with E-state index in [1.165, 1.54) is 0 Å². The molecule has 0 radical (unpaired) electrons. The molecule has 34 heavy (non-hydrogen) atoms. The van der Waals surface area contributed by atoms with Gasteiger partial charge in [0.2, 0.25) is 0 Å². The molecule has 0 aliphatic heterocycles. The summed E-state index contributed by atoms with van der Waals surface area (Å²) in [6.45, 7) is 30.0. The van der Waals surface area contributed by atoms with Crippen molar-refractivity contribution in [1.29, 1.82) is 21.0 Å². The number of benzene rings is 1. The van der Waals surface area contributed by atoms with Crippen molar-refractivity contribution in [2.45, 2.75) is 73.5 Å². The lowest BCUT2D eigenvalue weighted by Gasteiger charge is -2.35. The fourth-order valence-corrected chi connectivity index (χ4v) is 5.44. The molecule has 0 saturated heterocycles. The molecule has 0 bridgehead atoms. The van der Waals surface area contributed by atoms with Crippen molar-refractivity contribution >= 4 is 0 Å². The topological polar surface area (TPSA) is 113 Å². The predicted molar refractivity (Wildman–Crippen MR) is 120 cm³/mol. The molecule has 0 amide bonds. The van der Waals surface area contributed by atoms with Gasteiger partial charge < -0.3 is 0 Å². The zero-order valence-corrected chi connectivity index (χ0v) is 18.2. The number of hydrogen-bond donors (Lipinski definition) is 0. The highest BCUT2D eigenvalue weighted by molar-refractivity contribution is 5.52. The summed E-state index contributed by atoms with van der Waals surface area (Å²) >= 11 is 0. The van der Waals surface area contributed by atoms with Crippen molar-refractivity contribution in [2.75, 3.05) is 0 Å². The molecular formula is C26H18N8. The Bertz CT molecular complexity index is 1060. The maximum atomic E-state index is 9.59. The third kappa shape index (κ3) is 3.88. The summed E-state index contributed by atoms with van der Waals surface area (Å²) in [5.74, 6) is -1.70. The molecule has 1 aromatic carbocycles. The van der Waals surface area contributed by atoms with Gasteiger partial charge in [-0.3, -0.25) is 19.4 Å². The van der Waals surface area contributed by atoms with E-state index in [9.17, 15) is 21.0 Å². The standard InChI is InChI=1S/C26H18N8/c1-31-23(11-27)15-5-6-16(24(12-28)32-2)20-10-22-18(26(14-30)34-4)8-7-17(25(13-29)33-3)21(22)9-19(15)20/h9-10,15-18,23-26H,5-8H2. The van der Waals surface area contributed by atoms with Gasteiger partial charge in [-0.15, -0.1) is 0 Å². The van der Waals surface area contributed by atoms with Crippen LogP contribution in [0.4, 0.5) is 0 Å². The molecular weight excluding hydrogens is 424 g/mol. The smallest absolute Gasteiger partial charge is 0.297 e. The van der Waals surface area contributed by atoms with Gasteiger partial charge >= 0.3 is 24.2 Å². The molecule has 2 aliphatic rings. The Morgan fingerprint density at radius 2 is 0.735 bits per heavy atom. The number of hydrogen-bond acceptors (Lipinski definition) is 4. The van der Waals surface area contributed by atoms with E-state index in [2.05, 4.69) is 43.7 Å². The molecule has 8 unspecified atom stereocenters. The molecule has 0 aromatic heterocycles. The lowest BCUT2D eigenvalue weighted by Crippen LogP contribution is -2.30. The molecule has 1 aromatic rings. The zero-order valence-electron chi connectivity index (χ0n) is 18.2. The van der Waals surface area contributed by atoms with E-state index in [4.69, 9.17) is 26.3 Å². The van der Waals surface area contributed by atoms with Gasteiger partial charge in [-0.1, -0.05) is 12.1 Å². The van der Waals surface area contributed by atoms with Crippen LogP contribution in [0.25, 0.3) is 19.4 Å². The summed E-state index contributed by atoms with van der Waals surface area (Å²) < 4.78 is 0. The van der Waals surface area contributed by atoms with Crippen molar-refractivity contribution in [3.63, 3.8) is 0 Å². The lowest BCUT2D eigenvalue weighted by molar-refractivity contribution is 0.451. The van der Waals surface area contributed by atoms with E-state index >= 15 is 0 Å². The second kappa shape index (κ2) is 10.2. The van der Waals surface area contributed by atoms with Gasteiger partial charge in [-0.25, -0.2) is 26.3 Å². The van der Waals surface area contributed by atoms with Gasteiger partial charge in [-0.05, 0) is 47.9 Å². The summed E-state index contributed by atoms with van der Waals surface area (Å²) in [6, 6.07) is 8.12. The van der Waals surface area contributed by atoms with Crippen molar-refractivity contribution < 1.29 is 0 Å².